The van der Waals surface area contributed by atoms with Gasteiger partial charge in [0.05, 0.1) is 5.56 Å². The number of benzene rings is 1. The van der Waals surface area contributed by atoms with Crippen LogP contribution >= 0.6 is 0 Å². The molecule has 1 aromatic rings. The zero-order chi connectivity index (χ0) is 11.1. The monoisotopic (exact) mass is 204 g/mol. The van der Waals surface area contributed by atoms with Gasteiger partial charge in [-0.15, -0.1) is 0 Å². The molecule has 0 saturated heterocycles. The largest absolute Gasteiger partial charge is 0.478 e. The highest BCUT2D eigenvalue weighted by molar-refractivity contribution is 5.89. The summed E-state index contributed by atoms with van der Waals surface area (Å²) in [6.07, 6.45) is 6.92. The molecule has 80 valence electrons. The number of aromatic carboxylic acids is 1. The Labute approximate surface area is 90.3 Å². The molecule has 0 spiro atoms. The van der Waals surface area contributed by atoms with Gasteiger partial charge in [-0.3, -0.25) is 0 Å². The Morgan fingerprint density at radius 3 is 2.73 bits per heavy atom. The molecule has 0 atom stereocenters. The predicted molar refractivity (Wildman–Crippen MR) is 61.2 cm³/mol. The zero-order valence-electron chi connectivity index (χ0n) is 8.94. The van der Waals surface area contributed by atoms with Gasteiger partial charge in [0.1, 0.15) is 0 Å². The van der Waals surface area contributed by atoms with Crippen LogP contribution < -0.4 is 0 Å². The number of carboxylic acids is 1. The molecule has 0 heterocycles. The van der Waals surface area contributed by atoms with E-state index in [0.29, 0.717) is 5.56 Å². The summed E-state index contributed by atoms with van der Waals surface area (Å²) in [6, 6.07) is 7.17. The molecule has 0 radical (unpaired) electrons. The van der Waals surface area contributed by atoms with E-state index in [0.717, 1.165) is 24.8 Å². The van der Waals surface area contributed by atoms with E-state index in [4.69, 9.17) is 5.11 Å². The minimum absolute atomic E-state index is 0.419. The van der Waals surface area contributed by atoms with Crippen LogP contribution in [0.15, 0.2) is 36.4 Å². The standard InChI is InChI=1S/C13H16O2/c1-2-3-4-5-8-11-9-6-7-10-12(11)13(14)15/h3-4,6-7,9-10H,2,5,8H2,1H3,(H,14,15)/b4-3-. The lowest BCUT2D eigenvalue weighted by molar-refractivity contribution is 0.0695. The second-order valence-corrected chi connectivity index (χ2v) is 3.38. The first-order valence-electron chi connectivity index (χ1n) is 5.22. The Balaban J connectivity index is 2.67. The fourth-order valence-corrected chi connectivity index (χ4v) is 1.47. The SMILES string of the molecule is CC/C=C\CCc1ccccc1C(=O)O. The van der Waals surface area contributed by atoms with Crippen LogP contribution in [0, 0.1) is 0 Å². The molecular weight excluding hydrogens is 188 g/mol. The van der Waals surface area contributed by atoms with Crippen molar-refractivity contribution >= 4 is 5.97 Å². The van der Waals surface area contributed by atoms with Gasteiger partial charge >= 0.3 is 5.97 Å². The maximum Gasteiger partial charge on any atom is 0.335 e. The molecule has 15 heavy (non-hydrogen) atoms. The molecule has 0 saturated carbocycles. The van der Waals surface area contributed by atoms with Crippen LogP contribution in [-0.2, 0) is 6.42 Å². The normalized spacial score (nSPS) is 10.7. The van der Waals surface area contributed by atoms with Crippen molar-refractivity contribution in [1.29, 1.82) is 0 Å². The van der Waals surface area contributed by atoms with E-state index >= 15 is 0 Å². The molecule has 0 amide bonds. The molecular formula is C13H16O2. The second-order valence-electron chi connectivity index (χ2n) is 3.38. The number of hydrogen-bond acceptors (Lipinski definition) is 1. The number of rotatable bonds is 5. The highest BCUT2D eigenvalue weighted by atomic mass is 16.4. The van der Waals surface area contributed by atoms with Crippen molar-refractivity contribution in [2.24, 2.45) is 0 Å². The number of carboxylic acid groups (broad SMARTS) is 1. The van der Waals surface area contributed by atoms with Gasteiger partial charge in [0, 0.05) is 0 Å². The molecule has 0 bridgehead atoms. The minimum Gasteiger partial charge on any atom is -0.478 e. The van der Waals surface area contributed by atoms with Crippen LogP contribution in [0.3, 0.4) is 0 Å². The smallest absolute Gasteiger partial charge is 0.335 e. The van der Waals surface area contributed by atoms with E-state index in [1.165, 1.54) is 0 Å². The number of hydrogen-bond donors (Lipinski definition) is 1. The van der Waals surface area contributed by atoms with Crippen LogP contribution in [-0.4, -0.2) is 11.1 Å². The van der Waals surface area contributed by atoms with Crippen molar-refractivity contribution < 1.29 is 9.90 Å². The topological polar surface area (TPSA) is 37.3 Å². The molecule has 0 aliphatic carbocycles. The average molecular weight is 204 g/mol. The average Bonchev–Trinajstić information content (AvgIpc) is 2.25. The Bertz CT molecular complexity index is 353. The first-order valence-corrected chi connectivity index (χ1v) is 5.22. The van der Waals surface area contributed by atoms with Gasteiger partial charge < -0.3 is 5.11 Å². The fraction of sp³-hybridized carbons (Fsp3) is 0.308. The molecule has 0 aliphatic heterocycles. The summed E-state index contributed by atoms with van der Waals surface area (Å²) >= 11 is 0. The maximum atomic E-state index is 10.9. The zero-order valence-corrected chi connectivity index (χ0v) is 8.94. The van der Waals surface area contributed by atoms with E-state index in [-0.39, 0.29) is 0 Å². The quantitative estimate of drug-likeness (QED) is 0.747. The van der Waals surface area contributed by atoms with E-state index in [1.54, 1.807) is 12.1 Å². The molecule has 1 aromatic carbocycles. The van der Waals surface area contributed by atoms with Crippen LogP contribution in [0.5, 0.6) is 0 Å². The van der Waals surface area contributed by atoms with Crippen LogP contribution in [0.1, 0.15) is 35.7 Å². The maximum absolute atomic E-state index is 10.9. The molecule has 2 heteroatoms. The van der Waals surface area contributed by atoms with E-state index < -0.39 is 5.97 Å². The first-order chi connectivity index (χ1) is 7.25. The van der Waals surface area contributed by atoms with Crippen LogP contribution in [0.25, 0.3) is 0 Å². The van der Waals surface area contributed by atoms with Gasteiger partial charge in [0.25, 0.3) is 0 Å². The summed E-state index contributed by atoms with van der Waals surface area (Å²) in [5, 5.41) is 8.95. The van der Waals surface area contributed by atoms with E-state index in [9.17, 15) is 4.79 Å². The summed E-state index contributed by atoms with van der Waals surface area (Å²) in [6.45, 7) is 2.09. The summed E-state index contributed by atoms with van der Waals surface area (Å²) in [5.74, 6) is -0.843. The van der Waals surface area contributed by atoms with Crippen molar-refractivity contribution in [3.63, 3.8) is 0 Å². The molecule has 0 unspecified atom stereocenters. The fourth-order valence-electron chi connectivity index (χ4n) is 1.47. The number of carbonyl (C=O) groups is 1. The third kappa shape index (κ3) is 3.58. The van der Waals surface area contributed by atoms with Crippen molar-refractivity contribution in [3.05, 3.63) is 47.5 Å². The minimum atomic E-state index is -0.843. The molecule has 0 aliphatic rings. The van der Waals surface area contributed by atoms with Crippen molar-refractivity contribution in [2.45, 2.75) is 26.2 Å². The van der Waals surface area contributed by atoms with Gasteiger partial charge in [0.2, 0.25) is 0 Å². The Morgan fingerprint density at radius 2 is 2.07 bits per heavy atom. The Hall–Kier alpha value is -1.57. The third-order valence-electron chi connectivity index (χ3n) is 2.23. The van der Waals surface area contributed by atoms with Crippen molar-refractivity contribution in [2.75, 3.05) is 0 Å². The Kier molecular flexibility index (Phi) is 4.61. The van der Waals surface area contributed by atoms with Crippen molar-refractivity contribution in [3.8, 4) is 0 Å². The van der Waals surface area contributed by atoms with E-state index in [2.05, 4.69) is 19.1 Å². The highest BCUT2D eigenvalue weighted by Gasteiger charge is 2.07. The number of aryl methyl sites for hydroxylation is 1. The second kappa shape index (κ2) is 6.02. The van der Waals surface area contributed by atoms with Gasteiger partial charge in [-0.1, -0.05) is 37.3 Å². The summed E-state index contributed by atoms with van der Waals surface area (Å²) in [4.78, 5) is 10.9. The third-order valence-corrected chi connectivity index (χ3v) is 2.23. The molecule has 0 fully saturated rings. The lowest BCUT2D eigenvalue weighted by Crippen LogP contribution is -2.01. The lowest BCUT2D eigenvalue weighted by Gasteiger charge is -2.03. The summed E-state index contributed by atoms with van der Waals surface area (Å²) in [7, 11) is 0. The van der Waals surface area contributed by atoms with Crippen molar-refractivity contribution in [1.82, 2.24) is 0 Å². The molecule has 1 rings (SSSR count). The lowest BCUT2D eigenvalue weighted by atomic mass is 10.0. The number of allylic oxidation sites excluding steroid dienone is 2. The Morgan fingerprint density at radius 1 is 1.33 bits per heavy atom. The van der Waals surface area contributed by atoms with Crippen LogP contribution in [0.2, 0.25) is 0 Å². The highest BCUT2D eigenvalue weighted by Crippen LogP contribution is 2.11. The molecule has 0 aromatic heterocycles. The summed E-state index contributed by atoms with van der Waals surface area (Å²) in [5.41, 5.74) is 1.33. The van der Waals surface area contributed by atoms with Crippen LogP contribution in [0.4, 0.5) is 0 Å². The van der Waals surface area contributed by atoms with E-state index in [1.807, 2.05) is 12.1 Å². The van der Waals surface area contributed by atoms with Gasteiger partial charge in [-0.2, -0.15) is 0 Å². The summed E-state index contributed by atoms with van der Waals surface area (Å²) < 4.78 is 0. The van der Waals surface area contributed by atoms with Gasteiger partial charge in [0.15, 0.2) is 0 Å². The first kappa shape index (κ1) is 11.5. The molecule has 2 nitrogen and oxygen atoms in total. The van der Waals surface area contributed by atoms with Gasteiger partial charge in [-0.25, -0.2) is 4.79 Å². The predicted octanol–water partition coefficient (Wildman–Crippen LogP) is 3.28. The van der Waals surface area contributed by atoms with Gasteiger partial charge in [-0.05, 0) is 30.9 Å². The molecule has 1 N–H and O–H groups in total.